The molecular formula is C11H16ClN3O. The van der Waals surface area contributed by atoms with Gasteiger partial charge in [-0.25, -0.2) is 0 Å². The molecule has 1 aliphatic rings. The van der Waals surface area contributed by atoms with Crippen LogP contribution >= 0.6 is 12.4 Å². The third kappa shape index (κ3) is 3.47. The van der Waals surface area contributed by atoms with Gasteiger partial charge in [0.15, 0.2) is 0 Å². The summed E-state index contributed by atoms with van der Waals surface area (Å²) in [5.74, 6) is 0.00398. The van der Waals surface area contributed by atoms with E-state index in [4.69, 9.17) is 0 Å². The number of nitrogens with zero attached hydrogens (tertiary/aromatic N) is 1. The van der Waals surface area contributed by atoms with E-state index in [1.54, 1.807) is 24.5 Å². The molecule has 1 aromatic rings. The van der Waals surface area contributed by atoms with Gasteiger partial charge in [-0.1, -0.05) is 0 Å². The zero-order valence-corrected chi connectivity index (χ0v) is 9.80. The highest BCUT2D eigenvalue weighted by Gasteiger charge is 2.15. The van der Waals surface area contributed by atoms with E-state index >= 15 is 0 Å². The topological polar surface area (TPSA) is 54.0 Å². The number of amides is 1. The highest BCUT2D eigenvalue weighted by atomic mass is 35.5. The molecule has 1 fully saturated rings. The third-order valence-corrected chi connectivity index (χ3v) is 2.62. The van der Waals surface area contributed by atoms with E-state index in [0.29, 0.717) is 11.6 Å². The molecular weight excluding hydrogens is 226 g/mol. The summed E-state index contributed by atoms with van der Waals surface area (Å²) in [6, 6.07) is 3.78. The van der Waals surface area contributed by atoms with Crippen LogP contribution in [0.25, 0.3) is 0 Å². The average Bonchev–Trinajstić information content (AvgIpc) is 2.31. The van der Waals surface area contributed by atoms with Crippen molar-refractivity contribution in [2.45, 2.75) is 18.9 Å². The lowest BCUT2D eigenvalue weighted by atomic mass is 10.1. The molecule has 16 heavy (non-hydrogen) atoms. The predicted molar refractivity (Wildman–Crippen MR) is 64.8 cm³/mol. The molecule has 2 rings (SSSR count). The maximum Gasteiger partial charge on any atom is 0.251 e. The Hall–Kier alpha value is -1.13. The molecule has 0 aliphatic carbocycles. The van der Waals surface area contributed by atoms with Crippen molar-refractivity contribution >= 4 is 18.3 Å². The number of carbonyl (C=O) groups excluding carboxylic acids is 1. The Morgan fingerprint density at radius 3 is 2.56 bits per heavy atom. The molecule has 0 bridgehead atoms. The van der Waals surface area contributed by atoms with Gasteiger partial charge in [0, 0.05) is 24.0 Å². The van der Waals surface area contributed by atoms with Gasteiger partial charge in [-0.3, -0.25) is 9.78 Å². The van der Waals surface area contributed by atoms with Gasteiger partial charge in [-0.2, -0.15) is 0 Å². The smallest absolute Gasteiger partial charge is 0.251 e. The van der Waals surface area contributed by atoms with Crippen molar-refractivity contribution in [2.75, 3.05) is 13.1 Å². The Bertz CT molecular complexity index is 325. The minimum atomic E-state index is 0. The summed E-state index contributed by atoms with van der Waals surface area (Å²) in [6.07, 6.45) is 5.29. The maximum atomic E-state index is 11.8. The zero-order chi connectivity index (χ0) is 10.5. The third-order valence-electron chi connectivity index (χ3n) is 2.62. The highest BCUT2D eigenvalue weighted by Crippen LogP contribution is 2.04. The SMILES string of the molecule is Cl.O=C(NC1CCNCC1)c1ccncc1. The van der Waals surface area contributed by atoms with Crippen molar-refractivity contribution in [3.8, 4) is 0 Å². The molecule has 1 aromatic heterocycles. The number of halogens is 1. The maximum absolute atomic E-state index is 11.8. The van der Waals surface area contributed by atoms with Crippen LogP contribution in [0.5, 0.6) is 0 Å². The van der Waals surface area contributed by atoms with Crippen molar-refractivity contribution in [1.29, 1.82) is 0 Å². The van der Waals surface area contributed by atoms with Crippen LogP contribution in [0.3, 0.4) is 0 Å². The number of nitrogens with one attached hydrogen (secondary N) is 2. The number of hydrogen-bond acceptors (Lipinski definition) is 3. The largest absolute Gasteiger partial charge is 0.349 e. The average molecular weight is 242 g/mol. The fraction of sp³-hybridized carbons (Fsp3) is 0.455. The monoisotopic (exact) mass is 241 g/mol. The van der Waals surface area contributed by atoms with Crippen LogP contribution in [0.2, 0.25) is 0 Å². The highest BCUT2D eigenvalue weighted by molar-refractivity contribution is 5.94. The van der Waals surface area contributed by atoms with E-state index in [0.717, 1.165) is 25.9 Å². The molecule has 0 aromatic carbocycles. The van der Waals surface area contributed by atoms with E-state index in [1.807, 2.05) is 0 Å². The predicted octanol–water partition coefficient (Wildman–Crippen LogP) is 0.985. The standard InChI is InChI=1S/C11H15N3O.ClH/c15-11(9-1-5-12-6-2-9)14-10-3-7-13-8-4-10;/h1-2,5-6,10,13H,3-4,7-8H2,(H,14,15);1H. The number of aromatic nitrogens is 1. The van der Waals surface area contributed by atoms with Gasteiger partial charge in [0.1, 0.15) is 0 Å². The molecule has 0 radical (unpaired) electrons. The van der Waals surface area contributed by atoms with Crippen molar-refractivity contribution in [2.24, 2.45) is 0 Å². The molecule has 0 unspecified atom stereocenters. The normalized spacial score (nSPS) is 16.2. The molecule has 5 heteroatoms. The summed E-state index contributed by atoms with van der Waals surface area (Å²) in [5.41, 5.74) is 0.684. The van der Waals surface area contributed by atoms with Crippen LogP contribution in [0, 0.1) is 0 Å². The lowest BCUT2D eigenvalue weighted by Gasteiger charge is -2.23. The van der Waals surface area contributed by atoms with E-state index in [1.165, 1.54) is 0 Å². The second-order valence-electron chi connectivity index (χ2n) is 3.73. The van der Waals surface area contributed by atoms with Gasteiger partial charge in [0.2, 0.25) is 0 Å². The summed E-state index contributed by atoms with van der Waals surface area (Å²) in [5, 5.41) is 6.29. The number of pyridine rings is 1. The van der Waals surface area contributed by atoms with E-state index < -0.39 is 0 Å². The first-order valence-electron chi connectivity index (χ1n) is 5.28. The molecule has 0 atom stereocenters. The fourth-order valence-corrected chi connectivity index (χ4v) is 1.74. The van der Waals surface area contributed by atoms with Gasteiger partial charge in [-0.05, 0) is 38.1 Å². The Morgan fingerprint density at radius 1 is 1.31 bits per heavy atom. The Balaban J connectivity index is 0.00000128. The van der Waals surface area contributed by atoms with Crippen LogP contribution in [0.15, 0.2) is 24.5 Å². The Kier molecular flexibility index (Phi) is 5.22. The van der Waals surface area contributed by atoms with Crippen molar-refractivity contribution in [1.82, 2.24) is 15.6 Å². The van der Waals surface area contributed by atoms with Gasteiger partial charge in [-0.15, -0.1) is 12.4 Å². The molecule has 88 valence electrons. The zero-order valence-electron chi connectivity index (χ0n) is 8.98. The van der Waals surface area contributed by atoms with E-state index in [9.17, 15) is 4.79 Å². The van der Waals surface area contributed by atoms with Crippen LogP contribution in [-0.4, -0.2) is 30.0 Å². The Labute approximate surface area is 101 Å². The summed E-state index contributed by atoms with van der Waals surface area (Å²) in [4.78, 5) is 15.6. The molecule has 1 amide bonds. The summed E-state index contributed by atoms with van der Waals surface area (Å²) in [6.45, 7) is 1.97. The summed E-state index contributed by atoms with van der Waals surface area (Å²) < 4.78 is 0. The van der Waals surface area contributed by atoms with Crippen LogP contribution in [-0.2, 0) is 0 Å². The molecule has 0 saturated carbocycles. The fourth-order valence-electron chi connectivity index (χ4n) is 1.74. The lowest BCUT2D eigenvalue weighted by Crippen LogP contribution is -2.42. The molecule has 2 heterocycles. The number of carbonyl (C=O) groups is 1. The second-order valence-corrected chi connectivity index (χ2v) is 3.73. The van der Waals surface area contributed by atoms with Gasteiger partial charge < -0.3 is 10.6 Å². The van der Waals surface area contributed by atoms with E-state index in [-0.39, 0.29) is 18.3 Å². The Morgan fingerprint density at radius 2 is 1.94 bits per heavy atom. The summed E-state index contributed by atoms with van der Waals surface area (Å²) >= 11 is 0. The van der Waals surface area contributed by atoms with Crippen LogP contribution in [0.1, 0.15) is 23.2 Å². The quantitative estimate of drug-likeness (QED) is 0.812. The number of rotatable bonds is 2. The molecule has 0 spiro atoms. The number of hydrogen-bond donors (Lipinski definition) is 2. The van der Waals surface area contributed by atoms with Gasteiger partial charge >= 0.3 is 0 Å². The molecule has 1 aliphatic heterocycles. The first-order chi connectivity index (χ1) is 7.36. The number of piperidine rings is 1. The lowest BCUT2D eigenvalue weighted by molar-refractivity contribution is 0.0929. The van der Waals surface area contributed by atoms with Gasteiger partial charge in [0.25, 0.3) is 5.91 Å². The molecule has 2 N–H and O–H groups in total. The molecule has 1 saturated heterocycles. The van der Waals surface area contributed by atoms with E-state index in [2.05, 4.69) is 15.6 Å². The summed E-state index contributed by atoms with van der Waals surface area (Å²) in [7, 11) is 0. The van der Waals surface area contributed by atoms with Crippen molar-refractivity contribution in [3.05, 3.63) is 30.1 Å². The first-order valence-corrected chi connectivity index (χ1v) is 5.28. The minimum absolute atomic E-state index is 0. The van der Waals surface area contributed by atoms with Crippen LogP contribution < -0.4 is 10.6 Å². The molecule has 4 nitrogen and oxygen atoms in total. The van der Waals surface area contributed by atoms with Crippen molar-refractivity contribution < 1.29 is 4.79 Å². The first kappa shape index (κ1) is 12.9. The van der Waals surface area contributed by atoms with Crippen LogP contribution in [0.4, 0.5) is 0 Å². The minimum Gasteiger partial charge on any atom is -0.349 e. The van der Waals surface area contributed by atoms with Crippen molar-refractivity contribution in [3.63, 3.8) is 0 Å². The van der Waals surface area contributed by atoms with Gasteiger partial charge in [0.05, 0.1) is 0 Å². The second kappa shape index (κ2) is 6.45.